The van der Waals surface area contributed by atoms with Gasteiger partial charge in [-0.1, -0.05) is 0 Å². The van der Waals surface area contributed by atoms with Gasteiger partial charge in [0.15, 0.2) is 0 Å². The number of nitrogens with zero attached hydrogens (tertiary/aromatic N) is 4. The van der Waals surface area contributed by atoms with Gasteiger partial charge in [-0.05, 0) is 63.3 Å². The summed E-state index contributed by atoms with van der Waals surface area (Å²) in [5.74, 6) is 1.78. The Labute approximate surface area is 198 Å². The molecule has 5 atom stereocenters. The SMILES string of the molecule is CC1CC(Nc2cc3ncccc3c(NC3C[C@H]4CC[C@@H](C3)N4C(=O)c3ccncc3)n2)NN1. The Bertz CT molecular complexity index is 1170. The molecule has 3 fully saturated rings. The van der Waals surface area contributed by atoms with Crippen LogP contribution in [0.25, 0.3) is 10.9 Å². The molecular formula is C25H30N8O. The van der Waals surface area contributed by atoms with E-state index in [2.05, 4.69) is 49.3 Å². The van der Waals surface area contributed by atoms with Crippen molar-refractivity contribution < 1.29 is 4.79 Å². The molecule has 9 heteroatoms. The van der Waals surface area contributed by atoms with E-state index in [0.717, 1.165) is 60.2 Å². The molecule has 0 radical (unpaired) electrons. The lowest BCUT2D eigenvalue weighted by Crippen LogP contribution is -2.49. The minimum absolute atomic E-state index is 0.120. The van der Waals surface area contributed by atoms with Crippen LogP contribution in [0.1, 0.15) is 49.4 Å². The molecule has 176 valence electrons. The van der Waals surface area contributed by atoms with Crippen LogP contribution in [-0.4, -0.2) is 56.1 Å². The first-order valence-corrected chi connectivity index (χ1v) is 12.2. The maximum atomic E-state index is 13.2. The molecule has 0 spiro atoms. The molecule has 3 unspecified atom stereocenters. The maximum absolute atomic E-state index is 13.2. The fourth-order valence-electron chi connectivity index (χ4n) is 5.71. The molecule has 0 aromatic carbocycles. The number of piperidine rings is 1. The quantitative estimate of drug-likeness (QED) is 0.462. The van der Waals surface area contributed by atoms with E-state index < -0.39 is 0 Å². The maximum Gasteiger partial charge on any atom is 0.254 e. The summed E-state index contributed by atoms with van der Waals surface area (Å²) < 4.78 is 0. The zero-order chi connectivity index (χ0) is 23.1. The molecule has 2 bridgehead atoms. The van der Waals surface area contributed by atoms with E-state index in [4.69, 9.17) is 4.98 Å². The zero-order valence-corrected chi connectivity index (χ0v) is 19.2. The summed E-state index contributed by atoms with van der Waals surface area (Å²) in [5.41, 5.74) is 8.15. The predicted octanol–water partition coefficient (Wildman–Crippen LogP) is 2.90. The number of carbonyl (C=O) groups excluding carboxylic acids is 1. The van der Waals surface area contributed by atoms with Crippen LogP contribution in [0, 0.1) is 0 Å². The third-order valence-electron chi connectivity index (χ3n) is 7.25. The molecule has 34 heavy (non-hydrogen) atoms. The van der Waals surface area contributed by atoms with Crippen molar-refractivity contribution in [1.29, 1.82) is 0 Å². The Hall–Kier alpha value is -3.30. The number of amides is 1. The Balaban J connectivity index is 1.21. The second-order valence-electron chi connectivity index (χ2n) is 9.69. The highest BCUT2D eigenvalue weighted by molar-refractivity contribution is 5.95. The Morgan fingerprint density at radius 3 is 2.56 bits per heavy atom. The van der Waals surface area contributed by atoms with Crippen molar-refractivity contribution in [2.24, 2.45) is 0 Å². The molecule has 0 saturated carbocycles. The van der Waals surface area contributed by atoms with Crippen LogP contribution in [0.3, 0.4) is 0 Å². The van der Waals surface area contributed by atoms with Crippen molar-refractivity contribution in [3.8, 4) is 0 Å². The van der Waals surface area contributed by atoms with Crippen LogP contribution in [0.2, 0.25) is 0 Å². The molecule has 3 saturated heterocycles. The molecule has 3 aromatic rings. The summed E-state index contributed by atoms with van der Waals surface area (Å²) in [7, 11) is 0. The number of aromatic nitrogens is 3. The number of fused-ring (bicyclic) bond motifs is 3. The number of hydrazine groups is 1. The fourth-order valence-corrected chi connectivity index (χ4v) is 5.71. The standard InChI is InChI=1S/C25H30N8O/c1-15-11-23(32-31-15)29-22-14-21-20(3-2-8-27-21)24(30-22)28-17-12-18-4-5-19(13-17)33(18)25(34)16-6-9-26-10-7-16/h2-3,6-10,14-15,17-19,23,31-32H,4-5,11-13H2,1H3,(H2,28,29,30)/t15?,17?,18-,19+,23?. The van der Waals surface area contributed by atoms with Crippen LogP contribution in [0.4, 0.5) is 11.6 Å². The summed E-state index contributed by atoms with van der Waals surface area (Å²) in [6.07, 6.45) is 10.2. The molecule has 1 amide bonds. The van der Waals surface area contributed by atoms with Crippen LogP contribution in [0.15, 0.2) is 48.9 Å². The Morgan fingerprint density at radius 2 is 1.82 bits per heavy atom. The first-order valence-electron chi connectivity index (χ1n) is 12.2. The number of pyridine rings is 3. The van der Waals surface area contributed by atoms with E-state index >= 15 is 0 Å². The largest absolute Gasteiger partial charge is 0.367 e. The summed E-state index contributed by atoms with van der Waals surface area (Å²) >= 11 is 0. The molecule has 3 aliphatic rings. The van der Waals surface area contributed by atoms with Gasteiger partial charge < -0.3 is 15.5 Å². The van der Waals surface area contributed by atoms with Crippen LogP contribution >= 0.6 is 0 Å². The van der Waals surface area contributed by atoms with Gasteiger partial charge in [0.05, 0.1) is 11.7 Å². The van der Waals surface area contributed by atoms with Crippen molar-refractivity contribution in [1.82, 2.24) is 30.7 Å². The molecular weight excluding hydrogens is 428 g/mol. The molecule has 9 nitrogen and oxygen atoms in total. The summed E-state index contributed by atoms with van der Waals surface area (Å²) in [6, 6.07) is 10.8. The van der Waals surface area contributed by atoms with Gasteiger partial charge in [-0.2, -0.15) is 0 Å². The highest BCUT2D eigenvalue weighted by atomic mass is 16.2. The normalized spacial score (nSPS) is 28.3. The predicted molar refractivity (Wildman–Crippen MR) is 131 cm³/mol. The molecule has 4 N–H and O–H groups in total. The second kappa shape index (κ2) is 8.81. The number of hydrogen-bond donors (Lipinski definition) is 4. The van der Waals surface area contributed by atoms with Gasteiger partial charge in [-0.3, -0.25) is 20.2 Å². The zero-order valence-electron chi connectivity index (χ0n) is 19.2. The summed E-state index contributed by atoms with van der Waals surface area (Å²) in [5, 5.41) is 8.23. The topological polar surface area (TPSA) is 107 Å². The summed E-state index contributed by atoms with van der Waals surface area (Å²) in [4.78, 5) is 28.8. The number of nitrogens with one attached hydrogen (secondary N) is 4. The van der Waals surface area contributed by atoms with Gasteiger partial charge in [0.1, 0.15) is 11.6 Å². The molecule has 3 aromatic heterocycles. The lowest BCUT2D eigenvalue weighted by atomic mass is 9.96. The van der Waals surface area contributed by atoms with Gasteiger partial charge in [-0.25, -0.2) is 10.4 Å². The van der Waals surface area contributed by atoms with Gasteiger partial charge >= 0.3 is 0 Å². The van der Waals surface area contributed by atoms with Crippen LogP contribution < -0.4 is 21.5 Å². The van der Waals surface area contributed by atoms with E-state index in [9.17, 15) is 4.79 Å². The first kappa shape index (κ1) is 21.2. The van der Waals surface area contributed by atoms with Gasteiger partial charge in [0.2, 0.25) is 0 Å². The number of anilines is 2. The van der Waals surface area contributed by atoms with Crippen molar-refractivity contribution in [2.75, 3.05) is 10.6 Å². The lowest BCUT2D eigenvalue weighted by molar-refractivity contribution is 0.0583. The van der Waals surface area contributed by atoms with E-state index in [1.165, 1.54) is 0 Å². The van der Waals surface area contributed by atoms with Crippen LogP contribution in [-0.2, 0) is 0 Å². The third-order valence-corrected chi connectivity index (χ3v) is 7.25. The average Bonchev–Trinajstić information content (AvgIpc) is 3.38. The van der Waals surface area contributed by atoms with E-state index in [-0.39, 0.29) is 30.2 Å². The van der Waals surface area contributed by atoms with E-state index in [1.807, 2.05) is 30.5 Å². The fraction of sp³-hybridized carbons (Fsp3) is 0.440. The van der Waals surface area contributed by atoms with Crippen molar-refractivity contribution in [3.05, 3.63) is 54.5 Å². The third kappa shape index (κ3) is 4.05. The Morgan fingerprint density at radius 1 is 1.03 bits per heavy atom. The van der Waals surface area contributed by atoms with Gasteiger partial charge in [-0.15, -0.1) is 0 Å². The molecule has 6 heterocycles. The minimum atomic E-state index is 0.120. The molecule has 0 aliphatic carbocycles. The Kier molecular flexibility index (Phi) is 5.50. The van der Waals surface area contributed by atoms with Gasteiger partial charge in [0, 0.05) is 59.8 Å². The number of rotatable bonds is 5. The monoisotopic (exact) mass is 458 g/mol. The van der Waals surface area contributed by atoms with Crippen molar-refractivity contribution >= 4 is 28.4 Å². The number of hydrogen-bond acceptors (Lipinski definition) is 8. The number of carbonyl (C=O) groups is 1. The summed E-state index contributed by atoms with van der Waals surface area (Å²) in [6.45, 7) is 2.15. The van der Waals surface area contributed by atoms with Crippen molar-refractivity contribution in [2.45, 2.75) is 69.4 Å². The van der Waals surface area contributed by atoms with Crippen molar-refractivity contribution in [3.63, 3.8) is 0 Å². The average molecular weight is 459 g/mol. The molecule has 6 rings (SSSR count). The minimum Gasteiger partial charge on any atom is -0.367 e. The highest BCUT2D eigenvalue weighted by Gasteiger charge is 2.43. The first-order chi connectivity index (χ1) is 16.6. The van der Waals surface area contributed by atoms with E-state index in [1.54, 1.807) is 12.4 Å². The van der Waals surface area contributed by atoms with Gasteiger partial charge in [0.25, 0.3) is 5.91 Å². The smallest absolute Gasteiger partial charge is 0.254 e. The molecule has 3 aliphatic heterocycles. The lowest BCUT2D eigenvalue weighted by Gasteiger charge is -2.39. The van der Waals surface area contributed by atoms with E-state index in [0.29, 0.717) is 6.04 Å². The highest BCUT2D eigenvalue weighted by Crippen LogP contribution is 2.38. The second-order valence-corrected chi connectivity index (χ2v) is 9.69. The van der Waals surface area contributed by atoms with Crippen LogP contribution in [0.5, 0.6) is 0 Å².